The van der Waals surface area contributed by atoms with Crippen molar-refractivity contribution in [3.8, 4) is 0 Å². The van der Waals surface area contributed by atoms with Crippen LogP contribution in [0, 0.1) is 19.7 Å². The third-order valence-corrected chi connectivity index (χ3v) is 6.62. The van der Waals surface area contributed by atoms with E-state index in [1.807, 2.05) is 32.8 Å². The molecule has 2 aromatic rings. The van der Waals surface area contributed by atoms with Crippen LogP contribution in [0.3, 0.4) is 0 Å². The Bertz CT molecular complexity index is 1100. The van der Waals surface area contributed by atoms with Gasteiger partial charge in [0, 0.05) is 36.6 Å². The third kappa shape index (κ3) is 4.60. The van der Waals surface area contributed by atoms with Crippen LogP contribution in [0.15, 0.2) is 18.2 Å². The summed E-state index contributed by atoms with van der Waals surface area (Å²) in [6.07, 6.45) is 5.83. The molecule has 1 aromatic carbocycles. The molecule has 2 aliphatic heterocycles. The molecule has 0 radical (unpaired) electrons. The van der Waals surface area contributed by atoms with Crippen LogP contribution in [0.25, 0.3) is 11.6 Å². The second-order valence-corrected chi connectivity index (χ2v) is 9.35. The molecule has 1 fully saturated rings. The van der Waals surface area contributed by atoms with Crippen LogP contribution in [-0.4, -0.2) is 66.9 Å². The van der Waals surface area contributed by atoms with E-state index < -0.39 is 0 Å². The van der Waals surface area contributed by atoms with Crippen LogP contribution in [-0.2, 0) is 4.79 Å². The van der Waals surface area contributed by atoms with Crippen LogP contribution >= 0.6 is 0 Å². The van der Waals surface area contributed by atoms with E-state index in [0.29, 0.717) is 23.2 Å². The van der Waals surface area contributed by atoms with Crippen LogP contribution in [0.4, 0.5) is 10.1 Å². The number of hydrogen-bond donors (Lipinski definition) is 1. The summed E-state index contributed by atoms with van der Waals surface area (Å²) in [4.78, 5) is 35.6. The number of carbonyl (C=O) groups is 2. The van der Waals surface area contributed by atoms with Gasteiger partial charge in [0.2, 0.25) is 0 Å². The fourth-order valence-electron chi connectivity index (χ4n) is 4.87. The molecule has 2 amide bonds. The summed E-state index contributed by atoms with van der Waals surface area (Å²) in [5, 5.41) is 0. The van der Waals surface area contributed by atoms with Crippen LogP contribution in [0.2, 0.25) is 0 Å². The maximum absolute atomic E-state index is 14.1. The number of H-pyrrole nitrogens is 1. The van der Waals surface area contributed by atoms with E-state index in [2.05, 4.69) is 9.88 Å². The highest BCUT2D eigenvalue weighted by molar-refractivity contribution is 6.35. The molecule has 0 aliphatic carbocycles. The largest absolute Gasteiger partial charge is 0.358 e. The molecule has 0 spiro atoms. The smallest absolute Gasteiger partial charge is 0.259 e. The zero-order chi connectivity index (χ0) is 23.7. The lowest BCUT2D eigenvalue weighted by Gasteiger charge is -2.27. The number of nitrogens with zero attached hydrogens (tertiary/aromatic N) is 3. The lowest BCUT2D eigenvalue weighted by atomic mass is 10.0. The van der Waals surface area contributed by atoms with E-state index in [1.165, 1.54) is 12.1 Å². The second-order valence-electron chi connectivity index (χ2n) is 9.35. The lowest BCUT2D eigenvalue weighted by Crippen LogP contribution is -2.36. The lowest BCUT2D eigenvalue weighted by molar-refractivity contribution is -0.113. The Morgan fingerprint density at radius 3 is 2.61 bits per heavy atom. The van der Waals surface area contributed by atoms with Gasteiger partial charge in [-0.1, -0.05) is 0 Å². The van der Waals surface area contributed by atoms with Crippen molar-refractivity contribution >= 4 is 29.2 Å². The van der Waals surface area contributed by atoms with Crippen LogP contribution in [0.5, 0.6) is 0 Å². The van der Waals surface area contributed by atoms with Crippen molar-refractivity contribution in [3.63, 3.8) is 0 Å². The number of anilines is 1. The van der Waals surface area contributed by atoms with Crippen molar-refractivity contribution in [1.29, 1.82) is 0 Å². The SMILES string of the molecule is Cc1[nH]c(/C=C2\C(=O)N(CCCN(C)C)c3ccc(F)cc32)c(C)c1C(=O)N1CCCCC1. The minimum atomic E-state index is -0.372. The first kappa shape index (κ1) is 23.2. The summed E-state index contributed by atoms with van der Waals surface area (Å²) in [6, 6.07) is 4.50. The molecule has 0 bridgehead atoms. The number of carbonyl (C=O) groups excluding carboxylic acids is 2. The Kier molecular flexibility index (Phi) is 6.70. The van der Waals surface area contributed by atoms with Gasteiger partial charge in [-0.05, 0) is 90.0 Å². The zero-order valence-corrected chi connectivity index (χ0v) is 20.0. The minimum absolute atomic E-state index is 0.0418. The number of piperidine rings is 1. The van der Waals surface area contributed by atoms with Gasteiger partial charge in [0.05, 0.1) is 16.8 Å². The summed E-state index contributed by atoms with van der Waals surface area (Å²) in [5.74, 6) is -0.465. The van der Waals surface area contributed by atoms with Crippen molar-refractivity contribution in [3.05, 3.63) is 52.1 Å². The number of benzene rings is 1. The normalized spacial score (nSPS) is 17.4. The first-order valence-electron chi connectivity index (χ1n) is 11.7. The van der Waals surface area contributed by atoms with Gasteiger partial charge >= 0.3 is 0 Å². The first-order valence-corrected chi connectivity index (χ1v) is 11.7. The molecule has 6 nitrogen and oxygen atoms in total. The number of likely N-dealkylation sites (tertiary alicyclic amines) is 1. The molecule has 1 saturated heterocycles. The molecule has 2 aliphatic rings. The summed E-state index contributed by atoms with van der Waals surface area (Å²) < 4.78 is 14.1. The van der Waals surface area contributed by atoms with E-state index in [1.54, 1.807) is 17.0 Å². The van der Waals surface area contributed by atoms with E-state index in [-0.39, 0.29) is 17.6 Å². The van der Waals surface area contributed by atoms with Gasteiger partial charge in [-0.3, -0.25) is 9.59 Å². The zero-order valence-electron chi connectivity index (χ0n) is 20.0. The van der Waals surface area contributed by atoms with E-state index in [9.17, 15) is 14.0 Å². The number of aromatic nitrogens is 1. The molecule has 0 atom stereocenters. The molecule has 0 saturated carbocycles. The predicted molar refractivity (Wildman–Crippen MR) is 130 cm³/mol. The predicted octanol–water partition coefficient (Wildman–Crippen LogP) is 4.24. The molecule has 1 aromatic heterocycles. The highest BCUT2D eigenvalue weighted by Gasteiger charge is 2.33. The Balaban J connectivity index is 1.68. The fourth-order valence-corrected chi connectivity index (χ4v) is 4.87. The van der Waals surface area contributed by atoms with Crippen molar-refractivity contribution in [2.24, 2.45) is 0 Å². The number of halogens is 1. The topological polar surface area (TPSA) is 59.7 Å². The second kappa shape index (κ2) is 9.51. The molecular weight excluding hydrogens is 419 g/mol. The molecule has 7 heteroatoms. The summed E-state index contributed by atoms with van der Waals surface area (Å²) in [7, 11) is 4.00. The first-order chi connectivity index (χ1) is 15.8. The van der Waals surface area contributed by atoms with Gasteiger partial charge in [-0.25, -0.2) is 4.39 Å². The average molecular weight is 453 g/mol. The van der Waals surface area contributed by atoms with Gasteiger partial charge < -0.3 is 19.7 Å². The molecule has 0 unspecified atom stereocenters. The van der Waals surface area contributed by atoms with Crippen molar-refractivity contribution < 1.29 is 14.0 Å². The van der Waals surface area contributed by atoms with Crippen LogP contribution in [0.1, 0.15) is 58.6 Å². The number of nitrogens with one attached hydrogen (secondary N) is 1. The summed E-state index contributed by atoms with van der Waals surface area (Å²) in [6.45, 7) is 6.79. The van der Waals surface area contributed by atoms with Gasteiger partial charge in [-0.2, -0.15) is 0 Å². The Hall–Kier alpha value is -2.93. The Labute approximate surface area is 195 Å². The molecule has 4 rings (SSSR count). The summed E-state index contributed by atoms with van der Waals surface area (Å²) in [5.41, 5.74) is 4.81. The monoisotopic (exact) mass is 452 g/mol. The maximum Gasteiger partial charge on any atom is 0.259 e. The molecular formula is C26H33FN4O2. The number of aromatic amines is 1. The molecule has 176 valence electrons. The quantitative estimate of drug-likeness (QED) is 0.667. The Morgan fingerprint density at radius 1 is 1.18 bits per heavy atom. The van der Waals surface area contributed by atoms with Crippen molar-refractivity contribution in [2.45, 2.75) is 39.5 Å². The minimum Gasteiger partial charge on any atom is -0.358 e. The Morgan fingerprint density at radius 2 is 1.91 bits per heavy atom. The highest BCUT2D eigenvalue weighted by atomic mass is 19.1. The number of amides is 2. The van der Waals surface area contributed by atoms with Crippen LogP contribution < -0.4 is 4.90 Å². The van der Waals surface area contributed by atoms with Crippen molar-refractivity contribution in [1.82, 2.24) is 14.8 Å². The highest BCUT2D eigenvalue weighted by Crippen LogP contribution is 2.39. The summed E-state index contributed by atoms with van der Waals surface area (Å²) >= 11 is 0. The fraction of sp³-hybridized carbons (Fsp3) is 0.462. The van der Waals surface area contributed by atoms with Crippen molar-refractivity contribution in [2.75, 3.05) is 45.2 Å². The average Bonchev–Trinajstić information content (AvgIpc) is 3.21. The van der Waals surface area contributed by atoms with E-state index in [0.717, 1.165) is 68.0 Å². The number of aryl methyl sites for hydroxylation is 1. The maximum atomic E-state index is 14.1. The number of rotatable bonds is 6. The van der Waals surface area contributed by atoms with Gasteiger partial charge in [0.1, 0.15) is 5.82 Å². The van der Waals surface area contributed by atoms with E-state index >= 15 is 0 Å². The van der Waals surface area contributed by atoms with Gasteiger partial charge in [0.15, 0.2) is 0 Å². The molecule has 3 heterocycles. The molecule has 1 N–H and O–H groups in total. The van der Waals surface area contributed by atoms with E-state index in [4.69, 9.17) is 0 Å². The van der Waals surface area contributed by atoms with Gasteiger partial charge in [-0.15, -0.1) is 0 Å². The van der Waals surface area contributed by atoms with Gasteiger partial charge in [0.25, 0.3) is 11.8 Å². The third-order valence-electron chi connectivity index (χ3n) is 6.62. The molecule has 33 heavy (non-hydrogen) atoms. The number of fused-ring (bicyclic) bond motifs is 1. The standard InChI is InChI=1S/C26H33FN4O2/c1-17-22(28-18(2)24(17)26(33)30-12-6-5-7-13-30)16-21-20-15-19(27)9-10-23(20)31(25(21)32)14-8-11-29(3)4/h9-10,15-16,28H,5-8,11-14H2,1-4H3/b21-16-. The number of hydrogen-bond acceptors (Lipinski definition) is 3.